The van der Waals surface area contributed by atoms with Gasteiger partial charge >= 0.3 is 0 Å². The van der Waals surface area contributed by atoms with Gasteiger partial charge in [-0.1, -0.05) is 65.7 Å². The molecule has 5 aromatic rings. The largest absolute Gasteiger partial charge is 0.481 e. The van der Waals surface area contributed by atoms with Gasteiger partial charge in [-0.05, 0) is 37.1 Å². The van der Waals surface area contributed by atoms with Crippen LogP contribution < -0.4 is 31.0 Å². The van der Waals surface area contributed by atoms with Crippen molar-refractivity contribution in [3.63, 3.8) is 0 Å². The van der Waals surface area contributed by atoms with Gasteiger partial charge in [-0.15, -0.1) is 0 Å². The summed E-state index contributed by atoms with van der Waals surface area (Å²) in [6, 6.07) is 19.0. The Morgan fingerprint density at radius 2 is 1.62 bits per heavy atom. The van der Waals surface area contributed by atoms with Crippen molar-refractivity contribution in [1.82, 2.24) is 30.3 Å². The highest BCUT2D eigenvalue weighted by molar-refractivity contribution is 6.39. The molecule has 2 atom stereocenters. The zero-order valence-corrected chi connectivity index (χ0v) is 29.4. The second-order valence-electron chi connectivity index (χ2n) is 12.2. The van der Waals surface area contributed by atoms with E-state index in [0.29, 0.717) is 58.9 Å². The lowest BCUT2D eigenvalue weighted by Crippen LogP contribution is -2.35. The summed E-state index contributed by atoms with van der Waals surface area (Å²) in [7, 11) is 3.05. The molecule has 11 nitrogen and oxygen atoms in total. The highest BCUT2D eigenvalue weighted by Crippen LogP contribution is 2.42. The molecule has 0 unspecified atom stereocenters. The molecule has 1 fully saturated rings. The molecular formula is C37H38Cl2N6O5. The number of nitrogens with zero attached hydrogens (tertiary/aromatic N) is 3. The van der Waals surface area contributed by atoms with Crippen molar-refractivity contribution >= 4 is 34.8 Å². The Balaban J connectivity index is 1.28. The summed E-state index contributed by atoms with van der Waals surface area (Å²) < 4.78 is 12.6. The fourth-order valence-corrected chi connectivity index (χ4v) is 6.75. The third-order valence-electron chi connectivity index (χ3n) is 8.62. The standard InChI is InChI=1S/C37H38Cl2N6O5/c1-21(46)17-40-20-29-36(50-3)44-31-16-22(14-15-45(31)37(29)48)25-6-4-7-26(33(25)38)27-8-5-9-28(34(27)39)30-12-10-23(35(43-30)49-2)18-41-19-24-11-13-32(47)42-24/h4-10,12,14-16,21,24,40-41,46H,11,13,17-20H2,1-3H3,(H,42,47)/t21-,24+/m1/s1. The van der Waals surface area contributed by atoms with Crippen LogP contribution in [0.4, 0.5) is 0 Å². The van der Waals surface area contributed by atoms with Gasteiger partial charge in [0.15, 0.2) is 0 Å². The van der Waals surface area contributed by atoms with E-state index < -0.39 is 6.10 Å². The van der Waals surface area contributed by atoms with Gasteiger partial charge in [0, 0.05) is 72.7 Å². The molecule has 13 heteroatoms. The van der Waals surface area contributed by atoms with Crippen LogP contribution in [0, 0.1) is 0 Å². The fraction of sp³-hybridized carbons (Fsp3) is 0.297. The normalized spacial score (nSPS) is 14.9. The molecule has 0 spiro atoms. The molecule has 0 radical (unpaired) electrons. The Kier molecular flexibility index (Phi) is 11.0. The van der Waals surface area contributed by atoms with Crippen LogP contribution in [0.2, 0.25) is 10.0 Å². The summed E-state index contributed by atoms with van der Waals surface area (Å²) in [5.41, 5.74) is 5.69. The molecule has 1 aliphatic rings. The molecule has 2 aromatic carbocycles. The summed E-state index contributed by atoms with van der Waals surface area (Å²) in [5, 5.41) is 20.0. The molecule has 1 aliphatic heterocycles. The second kappa shape index (κ2) is 15.6. The minimum Gasteiger partial charge on any atom is -0.481 e. The van der Waals surface area contributed by atoms with E-state index in [1.165, 1.54) is 11.5 Å². The Bertz CT molecular complexity index is 2100. The number of amides is 1. The topological polar surface area (TPSA) is 139 Å². The number of aliphatic hydroxyl groups is 1. The van der Waals surface area contributed by atoms with Gasteiger partial charge in [-0.25, -0.2) is 4.98 Å². The molecule has 1 saturated heterocycles. The number of fused-ring (bicyclic) bond motifs is 1. The molecule has 0 bridgehead atoms. The van der Waals surface area contributed by atoms with Gasteiger partial charge in [0.05, 0.1) is 41.6 Å². The molecule has 0 saturated carbocycles. The third kappa shape index (κ3) is 7.47. The Hall–Kier alpha value is -4.52. The van der Waals surface area contributed by atoms with Gasteiger partial charge in [0.1, 0.15) is 5.65 Å². The van der Waals surface area contributed by atoms with E-state index >= 15 is 0 Å². The molecule has 0 aliphatic carbocycles. The van der Waals surface area contributed by atoms with E-state index in [0.717, 1.165) is 39.8 Å². The van der Waals surface area contributed by atoms with Gasteiger partial charge < -0.3 is 30.5 Å². The zero-order chi connectivity index (χ0) is 35.4. The first-order valence-electron chi connectivity index (χ1n) is 16.3. The van der Waals surface area contributed by atoms with Crippen molar-refractivity contribution in [3.05, 3.63) is 98.4 Å². The number of rotatable bonds is 13. The van der Waals surface area contributed by atoms with Crippen LogP contribution in [-0.4, -0.2) is 64.8 Å². The number of ether oxygens (including phenoxy) is 2. The van der Waals surface area contributed by atoms with E-state index in [1.54, 1.807) is 26.3 Å². The van der Waals surface area contributed by atoms with Gasteiger partial charge in [-0.2, -0.15) is 4.98 Å². The molecule has 260 valence electrons. The molecule has 4 N–H and O–H groups in total. The molecule has 3 aromatic heterocycles. The second-order valence-corrected chi connectivity index (χ2v) is 12.9. The smallest absolute Gasteiger partial charge is 0.266 e. The van der Waals surface area contributed by atoms with Crippen molar-refractivity contribution in [2.45, 2.75) is 45.0 Å². The maximum Gasteiger partial charge on any atom is 0.266 e. The molecule has 50 heavy (non-hydrogen) atoms. The average molecular weight is 718 g/mol. The number of carbonyl (C=O) groups is 1. The maximum absolute atomic E-state index is 13.4. The zero-order valence-electron chi connectivity index (χ0n) is 27.9. The molecule has 4 heterocycles. The van der Waals surface area contributed by atoms with E-state index in [-0.39, 0.29) is 29.9 Å². The first-order valence-corrected chi connectivity index (χ1v) is 17.0. The minimum atomic E-state index is -0.558. The summed E-state index contributed by atoms with van der Waals surface area (Å²) in [6.07, 6.45) is 2.49. The van der Waals surface area contributed by atoms with E-state index in [1.807, 2.05) is 54.6 Å². The number of aliphatic hydroxyl groups excluding tert-OH is 1. The minimum absolute atomic E-state index is 0.0889. The lowest BCUT2D eigenvalue weighted by atomic mass is 9.97. The highest BCUT2D eigenvalue weighted by Gasteiger charge is 2.21. The third-order valence-corrected chi connectivity index (χ3v) is 9.43. The van der Waals surface area contributed by atoms with Crippen molar-refractivity contribution in [2.75, 3.05) is 27.3 Å². The Morgan fingerprint density at radius 1 is 0.920 bits per heavy atom. The Morgan fingerprint density at radius 3 is 2.30 bits per heavy atom. The summed E-state index contributed by atoms with van der Waals surface area (Å²) in [6.45, 7) is 3.39. The number of nitrogens with one attached hydrogen (secondary N) is 3. The van der Waals surface area contributed by atoms with Crippen molar-refractivity contribution in [3.8, 4) is 45.3 Å². The van der Waals surface area contributed by atoms with E-state index in [4.69, 9.17) is 37.7 Å². The van der Waals surface area contributed by atoms with E-state index in [2.05, 4.69) is 20.9 Å². The number of carbonyl (C=O) groups excluding carboxylic acids is 1. The van der Waals surface area contributed by atoms with Crippen molar-refractivity contribution in [2.24, 2.45) is 0 Å². The predicted molar refractivity (Wildman–Crippen MR) is 195 cm³/mol. The number of hydrogen-bond acceptors (Lipinski definition) is 9. The lowest BCUT2D eigenvalue weighted by molar-refractivity contribution is -0.119. The quantitative estimate of drug-likeness (QED) is 0.129. The average Bonchev–Trinajstić information content (AvgIpc) is 3.53. The highest BCUT2D eigenvalue weighted by atomic mass is 35.5. The van der Waals surface area contributed by atoms with Gasteiger partial charge in [0.25, 0.3) is 5.56 Å². The SMILES string of the molecule is COc1nc(-c2cccc(-c3cccc(-c4ccn5c(=O)c(CNC[C@@H](C)O)c(OC)nc5c4)c3Cl)c2Cl)ccc1CNC[C@@H]1CCC(=O)N1. The van der Waals surface area contributed by atoms with Crippen LogP contribution in [0.3, 0.4) is 0 Å². The lowest BCUT2D eigenvalue weighted by Gasteiger charge is -2.16. The number of benzene rings is 2. The number of methoxy groups -OCH3 is 2. The van der Waals surface area contributed by atoms with Gasteiger partial charge in [0.2, 0.25) is 17.7 Å². The Labute approximate surface area is 299 Å². The fourth-order valence-electron chi connectivity index (χ4n) is 6.09. The summed E-state index contributed by atoms with van der Waals surface area (Å²) in [5.74, 6) is 0.782. The molecular weight excluding hydrogens is 679 g/mol. The first kappa shape index (κ1) is 35.3. The number of halogens is 2. The van der Waals surface area contributed by atoms with Crippen LogP contribution in [-0.2, 0) is 17.9 Å². The van der Waals surface area contributed by atoms with Crippen molar-refractivity contribution < 1.29 is 19.4 Å². The predicted octanol–water partition coefficient (Wildman–Crippen LogP) is 5.25. The van der Waals surface area contributed by atoms with Crippen LogP contribution in [0.15, 0.2) is 71.7 Å². The van der Waals surface area contributed by atoms with Crippen LogP contribution >= 0.6 is 23.2 Å². The van der Waals surface area contributed by atoms with Crippen LogP contribution in [0.25, 0.3) is 39.2 Å². The van der Waals surface area contributed by atoms with Crippen LogP contribution in [0.1, 0.15) is 30.9 Å². The number of aromatic nitrogens is 3. The van der Waals surface area contributed by atoms with E-state index in [9.17, 15) is 14.7 Å². The maximum atomic E-state index is 13.4. The number of hydrogen-bond donors (Lipinski definition) is 4. The monoisotopic (exact) mass is 716 g/mol. The number of pyridine rings is 2. The van der Waals surface area contributed by atoms with Crippen LogP contribution in [0.5, 0.6) is 11.8 Å². The molecule has 1 amide bonds. The summed E-state index contributed by atoms with van der Waals surface area (Å²) >= 11 is 14.2. The van der Waals surface area contributed by atoms with Crippen molar-refractivity contribution in [1.29, 1.82) is 0 Å². The summed E-state index contributed by atoms with van der Waals surface area (Å²) in [4.78, 5) is 34.3. The first-order chi connectivity index (χ1) is 24.2. The van der Waals surface area contributed by atoms with Gasteiger partial charge in [-0.3, -0.25) is 14.0 Å². The molecule has 6 rings (SSSR count).